The summed E-state index contributed by atoms with van der Waals surface area (Å²) in [6.07, 6.45) is 3.43. The van der Waals surface area contributed by atoms with Gasteiger partial charge in [-0.1, -0.05) is 28.1 Å². The second-order valence-corrected chi connectivity index (χ2v) is 5.97. The Morgan fingerprint density at radius 1 is 1.12 bits per heavy atom. The lowest BCUT2D eigenvalue weighted by atomic mass is 10.1. The molecule has 3 aromatic rings. The molecule has 24 heavy (non-hydrogen) atoms. The van der Waals surface area contributed by atoms with Gasteiger partial charge in [0, 0.05) is 21.7 Å². The van der Waals surface area contributed by atoms with E-state index >= 15 is 0 Å². The highest BCUT2D eigenvalue weighted by atomic mass is 79.9. The van der Waals surface area contributed by atoms with Gasteiger partial charge in [0.25, 0.3) is 6.33 Å². The maximum absolute atomic E-state index is 12.9. The summed E-state index contributed by atoms with van der Waals surface area (Å²) in [6.45, 7) is 0.164. The molecule has 0 atom stereocenters. The van der Waals surface area contributed by atoms with Gasteiger partial charge in [-0.05, 0) is 41.4 Å². The number of benzene rings is 2. The van der Waals surface area contributed by atoms with Gasteiger partial charge in [0.1, 0.15) is 5.82 Å². The van der Waals surface area contributed by atoms with Crippen LogP contribution in [-0.2, 0) is 6.54 Å². The number of rotatable bonds is 4. The summed E-state index contributed by atoms with van der Waals surface area (Å²) in [4.78, 5) is 16.5. The topological polar surface area (TPSA) is 33.8 Å². The van der Waals surface area contributed by atoms with Crippen molar-refractivity contribution in [2.75, 3.05) is 0 Å². The van der Waals surface area contributed by atoms with E-state index in [0.29, 0.717) is 5.56 Å². The molecule has 3 nitrogen and oxygen atoms in total. The maximum atomic E-state index is 12.9. The molecular formula is C18H13Br2FN2O. The first-order valence-electron chi connectivity index (χ1n) is 7.01. The molecule has 0 amide bonds. The summed E-state index contributed by atoms with van der Waals surface area (Å²) in [5.74, 6) is -0.443. The number of nitrogens with zero attached hydrogens (tertiary/aromatic N) is 2. The molecule has 0 radical (unpaired) electrons. The third-order valence-electron chi connectivity index (χ3n) is 3.38. The molecular weight excluding hydrogens is 439 g/mol. The number of Topliss-reactive ketones (excluding diaryl/α,β-unsaturated/α-hetero) is 1. The van der Waals surface area contributed by atoms with Crippen LogP contribution < -0.4 is 21.5 Å². The lowest BCUT2D eigenvalue weighted by Crippen LogP contribution is -3.00. The summed E-state index contributed by atoms with van der Waals surface area (Å²) in [5.41, 5.74) is 2.31. The average Bonchev–Trinajstić information content (AvgIpc) is 2.56. The summed E-state index contributed by atoms with van der Waals surface area (Å²) in [7, 11) is 0. The van der Waals surface area contributed by atoms with E-state index in [2.05, 4.69) is 20.9 Å². The van der Waals surface area contributed by atoms with Crippen molar-refractivity contribution in [3.63, 3.8) is 0 Å². The molecule has 0 spiro atoms. The van der Waals surface area contributed by atoms with E-state index < -0.39 is 0 Å². The molecule has 0 aliphatic heterocycles. The van der Waals surface area contributed by atoms with Crippen molar-refractivity contribution >= 4 is 21.7 Å². The molecule has 0 bridgehead atoms. The fourth-order valence-corrected chi connectivity index (χ4v) is 2.59. The molecule has 0 unspecified atom stereocenters. The second-order valence-electron chi connectivity index (χ2n) is 5.06. The van der Waals surface area contributed by atoms with Gasteiger partial charge in [-0.25, -0.2) is 8.96 Å². The van der Waals surface area contributed by atoms with Crippen LogP contribution in [-0.4, -0.2) is 10.8 Å². The molecule has 0 saturated carbocycles. The number of carbonyl (C=O) groups is 1. The highest BCUT2D eigenvalue weighted by Gasteiger charge is 2.12. The number of aromatic nitrogens is 2. The van der Waals surface area contributed by atoms with E-state index in [1.165, 1.54) is 24.3 Å². The van der Waals surface area contributed by atoms with E-state index in [0.717, 1.165) is 15.7 Å². The Hall–Kier alpha value is -1.92. The highest BCUT2D eigenvalue weighted by Crippen LogP contribution is 2.20. The van der Waals surface area contributed by atoms with Crippen molar-refractivity contribution in [2.45, 2.75) is 6.54 Å². The molecule has 0 aliphatic rings. The van der Waals surface area contributed by atoms with Crippen molar-refractivity contribution in [3.8, 4) is 11.3 Å². The number of hydrogen-bond acceptors (Lipinski definition) is 2. The largest absolute Gasteiger partial charge is 1.00 e. The molecule has 6 heteroatoms. The molecule has 2 aromatic carbocycles. The van der Waals surface area contributed by atoms with E-state index in [1.54, 1.807) is 10.9 Å². The molecule has 0 saturated heterocycles. The Kier molecular flexibility index (Phi) is 6.34. The predicted molar refractivity (Wildman–Crippen MR) is 88.3 cm³/mol. The van der Waals surface area contributed by atoms with Crippen LogP contribution in [0.4, 0.5) is 4.39 Å². The lowest BCUT2D eigenvalue weighted by Gasteiger charge is -2.01. The monoisotopic (exact) mass is 450 g/mol. The van der Waals surface area contributed by atoms with Crippen molar-refractivity contribution in [3.05, 3.63) is 83.0 Å². The van der Waals surface area contributed by atoms with Crippen LogP contribution in [0, 0.1) is 5.82 Å². The number of carbonyl (C=O) groups excluding carboxylic acids is 1. The van der Waals surface area contributed by atoms with E-state index in [-0.39, 0.29) is 35.1 Å². The summed E-state index contributed by atoms with van der Waals surface area (Å²) >= 11 is 3.43. The van der Waals surface area contributed by atoms with Gasteiger partial charge in [-0.3, -0.25) is 4.79 Å². The zero-order valence-electron chi connectivity index (χ0n) is 12.5. The van der Waals surface area contributed by atoms with Crippen molar-refractivity contribution in [1.82, 2.24) is 4.98 Å². The molecule has 1 aromatic heterocycles. The molecule has 1 heterocycles. The normalized spacial score (nSPS) is 10.1. The first-order chi connectivity index (χ1) is 11.1. The Balaban J connectivity index is 0.00000208. The van der Waals surface area contributed by atoms with Crippen molar-refractivity contribution in [1.29, 1.82) is 0 Å². The molecule has 122 valence electrons. The fourth-order valence-electron chi connectivity index (χ4n) is 2.19. The van der Waals surface area contributed by atoms with Crippen LogP contribution in [0.1, 0.15) is 10.4 Å². The van der Waals surface area contributed by atoms with E-state index in [9.17, 15) is 9.18 Å². The van der Waals surface area contributed by atoms with Crippen molar-refractivity contribution in [2.24, 2.45) is 0 Å². The SMILES string of the molecule is O=C(C[n+]1ccc(-c2cccc(Br)c2)nc1)c1ccc(F)cc1.[Br-]. The second kappa shape index (κ2) is 8.26. The molecule has 0 N–H and O–H groups in total. The highest BCUT2D eigenvalue weighted by molar-refractivity contribution is 9.10. The third kappa shape index (κ3) is 4.55. The first-order valence-corrected chi connectivity index (χ1v) is 7.81. The molecule has 3 rings (SSSR count). The summed E-state index contributed by atoms with van der Waals surface area (Å²) < 4.78 is 15.6. The number of halogens is 3. The van der Waals surface area contributed by atoms with Crippen molar-refractivity contribution < 1.29 is 30.7 Å². The minimum absolute atomic E-state index is 0. The van der Waals surface area contributed by atoms with Crippen LogP contribution in [0.15, 0.2) is 71.6 Å². The smallest absolute Gasteiger partial charge is 0.287 e. The minimum Gasteiger partial charge on any atom is -1.00 e. The van der Waals surface area contributed by atoms with Crippen LogP contribution >= 0.6 is 15.9 Å². The van der Waals surface area contributed by atoms with Gasteiger partial charge in [0.15, 0.2) is 12.2 Å². The quantitative estimate of drug-likeness (QED) is 0.435. The van der Waals surface area contributed by atoms with Crippen LogP contribution in [0.3, 0.4) is 0 Å². The Labute approximate surface area is 158 Å². The summed E-state index contributed by atoms with van der Waals surface area (Å²) in [5, 5.41) is 0. The van der Waals surface area contributed by atoms with E-state index in [4.69, 9.17) is 0 Å². The van der Waals surface area contributed by atoms with Gasteiger partial charge >= 0.3 is 0 Å². The number of hydrogen-bond donors (Lipinski definition) is 0. The zero-order chi connectivity index (χ0) is 16.2. The van der Waals surface area contributed by atoms with Gasteiger partial charge in [0.2, 0.25) is 5.78 Å². The Bertz CT molecular complexity index is 836. The molecule has 0 aliphatic carbocycles. The third-order valence-corrected chi connectivity index (χ3v) is 3.88. The summed E-state index contributed by atoms with van der Waals surface area (Å²) in [6, 6.07) is 15.3. The van der Waals surface area contributed by atoms with Gasteiger partial charge in [-0.2, -0.15) is 0 Å². The number of ketones is 1. The van der Waals surface area contributed by atoms with Gasteiger partial charge in [0.05, 0.1) is 6.20 Å². The predicted octanol–water partition coefficient (Wildman–Crippen LogP) is 0.825. The Morgan fingerprint density at radius 2 is 1.88 bits per heavy atom. The van der Waals surface area contributed by atoms with Gasteiger partial charge < -0.3 is 17.0 Å². The first kappa shape index (κ1) is 18.4. The minimum atomic E-state index is -0.353. The molecule has 0 fully saturated rings. The van der Waals surface area contributed by atoms with Gasteiger partial charge in [-0.15, -0.1) is 0 Å². The zero-order valence-corrected chi connectivity index (χ0v) is 15.7. The maximum Gasteiger partial charge on any atom is 0.287 e. The van der Waals surface area contributed by atoms with Crippen LogP contribution in [0.25, 0.3) is 11.3 Å². The standard InChI is InChI=1S/C18H13BrFN2O.BrH/c19-15-3-1-2-14(10-15)17-8-9-22(12-21-17)11-18(23)13-4-6-16(20)7-5-13;/h1-10,12H,11H2;1H/q+1;/p-1. The average molecular weight is 452 g/mol. The fraction of sp³-hybridized carbons (Fsp3) is 0.0556. The van der Waals surface area contributed by atoms with Crippen LogP contribution in [0.5, 0.6) is 0 Å². The lowest BCUT2D eigenvalue weighted by molar-refractivity contribution is -0.686. The van der Waals surface area contributed by atoms with E-state index in [1.807, 2.05) is 36.5 Å². The van der Waals surface area contributed by atoms with Crippen LogP contribution in [0.2, 0.25) is 0 Å². The Morgan fingerprint density at radius 3 is 2.50 bits per heavy atom.